The smallest absolute Gasteiger partial charge is 0.191 e. The predicted molar refractivity (Wildman–Crippen MR) is 126 cm³/mol. The van der Waals surface area contributed by atoms with E-state index in [9.17, 15) is 5.11 Å². The van der Waals surface area contributed by atoms with Gasteiger partial charge in [-0.25, -0.2) is 0 Å². The molecule has 0 bridgehead atoms. The molecule has 7 heteroatoms. The molecule has 1 unspecified atom stereocenters. The van der Waals surface area contributed by atoms with Gasteiger partial charge in [0.15, 0.2) is 5.96 Å². The van der Waals surface area contributed by atoms with E-state index in [1.807, 2.05) is 11.8 Å². The Morgan fingerprint density at radius 2 is 2.07 bits per heavy atom. The molecule has 0 saturated carbocycles. The normalized spacial score (nSPS) is 19.6. The summed E-state index contributed by atoms with van der Waals surface area (Å²) in [6.07, 6.45) is 1.73. The van der Waals surface area contributed by atoms with Gasteiger partial charge < -0.3 is 20.5 Å². The van der Waals surface area contributed by atoms with Crippen molar-refractivity contribution < 1.29 is 9.84 Å². The van der Waals surface area contributed by atoms with Crippen LogP contribution in [0.25, 0.3) is 0 Å². The molecule has 0 spiro atoms. The number of hydrogen-bond donors (Lipinski definition) is 3. The van der Waals surface area contributed by atoms with Crippen LogP contribution in [0.3, 0.4) is 0 Å². The van der Waals surface area contributed by atoms with E-state index in [0.29, 0.717) is 13.2 Å². The van der Waals surface area contributed by atoms with Crippen molar-refractivity contribution >= 4 is 41.7 Å². The number of rotatable bonds is 10. The molecule has 0 radical (unpaired) electrons. The highest BCUT2D eigenvalue weighted by Crippen LogP contribution is 2.32. The molecule has 1 aliphatic heterocycles. The topological polar surface area (TPSA) is 65.9 Å². The number of thioether (sulfide) groups is 1. The second-order valence-corrected chi connectivity index (χ2v) is 8.04. The Morgan fingerprint density at radius 1 is 1.30 bits per heavy atom. The minimum absolute atomic E-state index is 0. The summed E-state index contributed by atoms with van der Waals surface area (Å²) in [7, 11) is 0. The van der Waals surface area contributed by atoms with Crippen LogP contribution in [0.15, 0.2) is 29.3 Å². The van der Waals surface area contributed by atoms with E-state index in [0.717, 1.165) is 50.0 Å². The van der Waals surface area contributed by atoms with Gasteiger partial charge in [-0.3, -0.25) is 4.99 Å². The molecule has 0 amide bonds. The SMILES string of the molecule is CCNC(=NCC1(CCO)CCOC1)NCCSCc1ccc(C)cc1.I. The number of hydrogen-bond acceptors (Lipinski definition) is 4. The molecule has 1 fully saturated rings. The molecule has 1 heterocycles. The first-order valence-corrected chi connectivity index (χ1v) is 10.7. The summed E-state index contributed by atoms with van der Waals surface area (Å²) in [5.41, 5.74) is 2.67. The maximum atomic E-state index is 9.33. The van der Waals surface area contributed by atoms with Gasteiger partial charge in [0.2, 0.25) is 0 Å². The zero-order chi connectivity index (χ0) is 18.7. The number of aliphatic hydroxyl groups excluding tert-OH is 1. The Balaban J connectivity index is 0.00000364. The van der Waals surface area contributed by atoms with Crippen molar-refractivity contribution in [2.45, 2.75) is 32.4 Å². The van der Waals surface area contributed by atoms with E-state index >= 15 is 0 Å². The van der Waals surface area contributed by atoms with Crippen molar-refractivity contribution in [2.75, 3.05) is 45.2 Å². The van der Waals surface area contributed by atoms with Gasteiger partial charge in [0.25, 0.3) is 0 Å². The predicted octanol–water partition coefficient (Wildman–Crippen LogP) is 3.19. The van der Waals surface area contributed by atoms with Gasteiger partial charge in [0.05, 0.1) is 13.2 Å². The fourth-order valence-electron chi connectivity index (χ4n) is 2.99. The number of halogens is 1. The second-order valence-electron chi connectivity index (χ2n) is 6.94. The Labute approximate surface area is 185 Å². The minimum Gasteiger partial charge on any atom is -0.396 e. The molecule has 1 aromatic rings. The first-order chi connectivity index (χ1) is 12.7. The van der Waals surface area contributed by atoms with E-state index in [4.69, 9.17) is 9.73 Å². The van der Waals surface area contributed by atoms with Gasteiger partial charge in [-0.05, 0) is 32.3 Å². The molecular formula is C20H34IN3O2S. The quantitative estimate of drug-likeness (QED) is 0.197. The summed E-state index contributed by atoms with van der Waals surface area (Å²) in [4.78, 5) is 4.75. The Hall–Kier alpha value is -0.510. The molecular weight excluding hydrogens is 473 g/mol. The van der Waals surface area contributed by atoms with E-state index in [1.54, 1.807) is 0 Å². The summed E-state index contributed by atoms with van der Waals surface area (Å²) < 4.78 is 5.54. The number of benzene rings is 1. The van der Waals surface area contributed by atoms with Gasteiger partial charge in [-0.2, -0.15) is 11.8 Å². The lowest BCUT2D eigenvalue weighted by atomic mass is 9.84. The molecule has 27 heavy (non-hydrogen) atoms. The van der Waals surface area contributed by atoms with Crippen LogP contribution in [0, 0.1) is 12.3 Å². The third-order valence-corrected chi connectivity index (χ3v) is 5.70. The lowest BCUT2D eigenvalue weighted by Gasteiger charge is -2.24. The summed E-state index contributed by atoms with van der Waals surface area (Å²) in [5.74, 6) is 2.92. The van der Waals surface area contributed by atoms with Gasteiger partial charge >= 0.3 is 0 Å². The molecule has 0 aliphatic carbocycles. The highest BCUT2D eigenvalue weighted by atomic mass is 127. The second kappa shape index (κ2) is 13.6. The van der Waals surface area contributed by atoms with Crippen molar-refractivity contribution in [3.8, 4) is 0 Å². The summed E-state index contributed by atoms with van der Waals surface area (Å²) >= 11 is 1.92. The molecule has 1 saturated heterocycles. The number of guanidine groups is 1. The molecule has 154 valence electrons. The van der Waals surface area contributed by atoms with Crippen LogP contribution in [-0.4, -0.2) is 56.3 Å². The monoisotopic (exact) mass is 507 g/mol. The summed E-state index contributed by atoms with van der Waals surface area (Å²) in [6, 6.07) is 8.73. The lowest BCUT2D eigenvalue weighted by molar-refractivity contribution is 0.131. The van der Waals surface area contributed by atoms with Crippen LogP contribution in [0.5, 0.6) is 0 Å². The summed E-state index contributed by atoms with van der Waals surface area (Å²) in [5, 5.41) is 16.1. The van der Waals surface area contributed by atoms with Crippen molar-refractivity contribution in [1.29, 1.82) is 0 Å². The summed E-state index contributed by atoms with van der Waals surface area (Å²) in [6.45, 7) is 8.27. The van der Waals surface area contributed by atoms with Crippen LogP contribution in [-0.2, 0) is 10.5 Å². The fraction of sp³-hybridized carbons (Fsp3) is 0.650. The molecule has 5 nitrogen and oxygen atoms in total. The Bertz CT molecular complexity index is 549. The molecule has 0 aromatic heterocycles. The average molecular weight is 507 g/mol. The number of nitrogens with one attached hydrogen (secondary N) is 2. The first kappa shape index (κ1) is 24.5. The molecule has 3 N–H and O–H groups in total. The van der Waals surface area contributed by atoms with Gasteiger partial charge in [-0.15, -0.1) is 24.0 Å². The van der Waals surface area contributed by atoms with Crippen molar-refractivity contribution in [2.24, 2.45) is 10.4 Å². The van der Waals surface area contributed by atoms with E-state index in [2.05, 4.69) is 48.7 Å². The van der Waals surface area contributed by atoms with Crippen LogP contribution >= 0.6 is 35.7 Å². The molecule has 1 aliphatic rings. The number of aryl methyl sites for hydroxylation is 1. The number of aliphatic imine (C=N–C) groups is 1. The van der Waals surface area contributed by atoms with Gasteiger partial charge in [0.1, 0.15) is 0 Å². The van der Waals surface area contributed by atoms with Crippen molar-refractivity contribution in [1.82, 2.24) is 10.6 Å². The van der Waals surface area contributed by atoms with Crippen molar-refractivity contribution in [3.05, 3.63) is 35.4 Å². The maximum Gasteiger partial charge on any atom is 0.191 e. The largest absolute Gasteiger partial charge is 0.396 e. The molecule has 1 atom stereocenters. The van der Waals surface area contributed by atoms with Crippen LogP contribution in [0.4, 0.5) is 0 Å². The highest BCUT2D eigenvalue weighted by molar-refractivity contribution is 14.0. The number of aliphatic hydroxyl groups is 1. The first-order valence-electron chi connectivity index (χ1n) is 9.51. The molecule has 2 rings (SSSR count). The van der Waals surface area contributed by atoms with E-state index in [-0.39, 0.29) is 36.0 Å². The van der Waals surface area contributed by atoms with Gasteiger partial charge in [0, 0.05) is 43.2 Å². The Kier molecular flexibility index (Phi) is 12.4. The maximum absolute atomic E-state index is 9.33. The van der Waals surface area contributed by atoms with E-state index in [1.165, 1.54) is 11.1 Å². The third kappa shape index (κ3) is 9.02. The zero-order valence-electron chi connectivity index (χ0n) is 16.5. The standard InChI is InChI=1S/C20H33N3O2S.HI/c1-3-21-19(23-15-20(8-11-24)9-12-25-16-20)22-10-13-26-14-18-6-4-17(2)5-7-18;/h4-7,24H,3,8-16H2,1-2H3,(H2,21,22,23);1H. The molecule has 1 aromatic carbocycles. The lowest BCUT2D eigenvalue weighted by Crippen LogP contribution is -2.39. The highest BCUT2D eigenvalue weighted by Gasteiger charge is 2.34. The zero-order valence-corrected chi connectivity index (χ0v) is 19.6. The van der Waals surface area contributed by atoms with Crippen LogP contribution in [0.2, 0.25) is 0 Å². The van der Waals surface area contributed by atoms with E-state index < -0.39 is 0 Å². The minimum atomic E-state index is -0.00269. The fourth-order valence-corrected chi connectivity index (χ4v) is 3.81. The van der Waals surface area contributed by atoms with Crippen LogP contribution < -0.4 is 10.6 Å². The number of nitrogens with zero attached hydrogens (tertiary/aromatic N) is 1. The average Bonchev–Trinajstić information content (AvgIpc) is 3.10. The number of ether oxygens (including phenoxy) is 1. The van der Waals surface area contributed by atoms with Crippen LogP contribution in [0.1, 0.15) is 30.9 Å². The van der Waals surface area contributed by atoms with Crippen molar-refractivity contribution in [3.63, 3.8) is 0 Å². The van der Waals surface area contributed by atoms with Gasteiger partial charge in [-0.1, -0.05) is 29.8 Å². The Morgan fingerprint density at radius 3 is 2.70 bits per heavy atom. The third-order valence-electron chi connectivity index (χ3n) is 4.67.